The number of piperidine rings is 1. The van der Waals surface area contributed by atoms with E-state index < -0.39 is 16.0 Å². The van der Waals surface area contributed by atoms with E-state index in [0.717, 1.165) is 24.2 Å². The van der Waals surface area contributed by atoms with Gasteiger partial charge in [0.05, 0.1) is 6.42 Å². The summed E-state index contributed by atoms with van der Waals surface area (Å²) in [5.41, 5.74) is 1.26. The van der Waals surface area contributed by atoms with Crippen molar-refractivity contribution in [2.24, 2.45) is 0 Å². The molecule has 1 N–H and O–H groups in total. The van der Waals surface area contributed by atoms with Crippen molar-refractivity contribution in [1.82, 2.24) is 4.31 Å². The van der Waals surface area contributed by atoms with Gasteiger partial charge < -0.3 is 5.11 Å². The van der Waals surface area contributed by atoms with Crippen LogP contribution in [0, 0.1) is 0 Å². The fraction of sp³-hybridized carbons (Fsp3) is 0.353. The molecule has 0 spiro atoms. The van der Waals surface area contributed by atoms with Crippen molar-refractivity contribution in [3.05, 3.63) is 52.9 Å². The van der Waals surface area contributed by atoms with E-state index in [2.05, 4.69) is 12.1 Å². The van der Waals surface area contributed by atoms with Crippen LogP contribution >= 0.6 is 11.3 Å². The monoisotopic (exact) mass is 365 g/mol. The molecule has 2 aromatic rings. The lowest BCUT2D eigenvalue weighted by Gasteiger charge is -2.31. The van der Waals surface area contributed by atoms with Crippen LogP contribution in [0.4, 0.5) is 0 Å². The van der Waals surface area contributed by atoms with Crippen LogP contribution in [0.15, 0.2) is 46.7 Å². The van der Waals surface area contributed by atoms with Gasteiger partial charge in [0.2, 0.25) is 0 Å². The van der Waals surface area contributed by atoms with Crippen LogP contribution in [0.1, 0.15) is 29.2 Å². The highest BCUT2D eigenvalue weighted by Crippen LogP contribution is 2.32. The van der Waals surface area contributed by atoms with E-state index in [4.69, 9.17) is 5.11 Å². The molecular weight excluding hydrogens is 346 g/mol. The van der Waals surface area contributed by atoms with Crippen LogP contribution in [0.25, 0.3) is 0 Å². The SMILES string of the molecule is O=C(O)Cc1ccc(S(=O)(=O)N2CCC(c3ccccc3)CC2)s1. The number of aliphatic carboxylic acids is 1. The summed E-state index contributed by atoms with van der Waals surface area (Å²) in [7, 11) is -3.52. The number of nitrogens with zero attached hydrogens (tertiary/aromatic N) is 1. The van der Waals surface area contributed by atoms with Crippen LogP contribution in [-0.4, -0.2) is 36.9 Å². The molecule has 1 aromatic heterocycles. The third kappa shape index (κ3) is 3.68. The Morgan fingerprint density at radius 3 is 2.42 bits per heavy atom. The molecule has 0 saturated carbocycles. The van der Waals surface area contributed by atoms with Crippen molar-refractivity contribution >= 4 is 27.3 Å². The summed E-state index contributed by atoms with van der Waals surface area (Å²) in [6.07, 6.45) is 1.46. The molecule has 3 rings (SSSR count). The first kappa shape index (κ1) is 17.1. The number of carboxylic acids is 1. The van der Waals surface area contributed by atoms with Crippen molar-refractivity contribution in [2.75, 3.05) is 13.1 Å². The van der Waals surface area contributed by atoms with Gasteiger partial charge in [-0.15, -0.1) is 11.3 Å². The van der Waals surface area contributed by atoms with Crippen molar-refractivity contribution in [2.45, 2.75) is 29.4 Å². The zero-order valence-corrected chi connectivity index (χ0v) is 14.7. The molecule has 5 nitrogen and oxygen atoms in total. The van der Waals surface area contributed by atoms with Gasteiger partial charge in [-0.1, -0.05) is 30.3 Å². The second kappa shape index (κ2) is 7.04. The summed E-state index contributed by atoms with van der Waals surface area (Å²) in [5, 5.41) is 8.81. The standard InChI is InChI=1S/C17H19NO4S2/c19-16(20)12-15-6-7-17(23-15)24(21,22)18-10-8-14(9-11-18)13-4-2-1-3-5-13/h1-7,14H,8-12H2,(H,19,20). The van der Waals surface area contributed by atoms with Gasteiger partial charge >= 0.3 is 5.97 Å². The summed E-state index contributed by atoms with van der Waals surface area (Å²) in [6, 6.07) is 13.3. The molecule has 7 heteroatoms. The van der Waals surface area contributed by atoms with Gasteiger partial charge in [-0.2, -0.15) is 4.31 Å². The first-order valence-corrected chi connectivity index (χ1v) is 10.1. The maximum atomic E-state index is 12.7. The number of sulfonamides is 1. The molecule has 1 aliphatic heterocycles. The Morgan fingerprint density at radius 2 is 1.79 bits per heavy atom. The molecule has 0 amide bonds. The molecule has 0 aliphatic carbocycles. The first-order chi connectivity index (χ1) is 11.5. The number of thiophene rings is 1. The maximum Gasteiger partial charge on any atom is 0.308 e. The number of carbonyl (C=O) groups is 1. The van der Waals surface area contributed by atoms with E-state index in [9.17, 15) is 13.2 Å². The Bertz CT molecular complexity index is 806. The summed E-state index contributed by atoms with van der Waals surface area (Å²) >= 11 is 1.05. The van der Waals surface area contributed by atoms with Crippen LogP contribution in [0.2, 0.25) is 0 Å². The zero-order chi connectivity index (χ0) is 17.2. The highest BCUT2D eigenvalue weighted by atomic mass is 32.2. The molecule has 1 saturated heterocycles. The van der Waals surface area contributed by atoms with Gasteiger partial charge in [-0.3, -0.25) is 4.79 Å². The first-order valence-electron chi connectivity index (χ1n) is 7.82. The van der Waals surface area contributed by atoms with Gasteiger partial charge in [-0.05, 0) is 36.5 Å². The molecule has 2 heterocycles. The summed E-state index contributed by atoms with van der Waals surface area (Å²) in [4.78, 5) is 11.3. The van der Waals surface area contributed by atoms with Gasteiger partial charge in [0, 0.05) is 18.0 Å². The Labute approximate surface area is 145 Å². The topological polar surface area (TPSA) is 74.7 Å². The normalized spacial score (nSPS) is 17.0. The van der Waals surface area contributed by atoms with E-state index in [-0.39, 0.29) is 10.6 Å². The van der Waals surface area contributed by atoms with Crippen LogP contribution in [-0.2, 0) is 21.2 Å². The number of hydrogen-bond acceptors (Lipinski definition) is 4. The number of benzene rings is 1. The van der Waals surface area contributed by atoms with E-state index in [1.165, 1.54) is 15.9 Å². The third-order valence-electron chi connectivity index (χ3n) is 4.28. The lowest BCUT2D eigenvalue weighted by atomic mass is 9.90. The second-order valence-corrected chi connectivity index (χ2v) is 9.21. The van der Waals surface area contributed by atoms with Gasteiger partial charge in [0.15, 0.2) is 0 Å². The predicted octanol–water partition coefficient (Wildman–Crippen LogP) is 2.94. The molecule has 1 aliphatic rings. The molecule has 128 valence electrons. The van der Waals surface area contributed by atoms with E-state index in [0.29, 0.717) is 23.9 Å². The zero-order valence-electron chi connectivity index (χ0n) is 13.1. The Hall–Kier alpha value is -1.70. The maximum absolute atomic E-state index is 12.7. The summed E-state index contributed by atoms with van der Waals surface area (Å²) in [6.45, 7) is 0.988. The number of rotatable bonds is 5. The highest BCUT2D eigenvalue weighted by molar-refractivity contribution is 7.91. The van der Waals surface area contributed by atoms with Crippen molar-refractivity contribution in [3.63, 3.8) is 0 Å². The van der Waals surface area contributed by atoms with Crippen LogP contribution < -0.4 is 0 Å². The van der Waals surface area contributed by atoms with E-state index in [1.54, 1.807) is 6.07 Å². The van der Waals surface area contributed by atoms with Crippen LogP contribution in [0.5, 0.6) is 0 Å². The Morgan fingerprint density at radius 1 is 1.12 bits per heavy atom. The number of hydrogen-bond donors (Lipinski definition) is 1. The van der Waals surface area contributed by atoms with Gasteiger partial charge in [0.25, 0.3) is 10.0 Å². The van der Waals surface area contributed by atoms with Crippen LogP contribution in [0.3, 0.4) is 0 Å². The molecule has 1 aromatic carbocycles. The smallest absolute Gasteiger partial charge is 0.308 e. The molecule has 1 fully saturated rings. The largest absolute Gasteiger partial charge is 0.481 e. The molecule has 0 radical (unpaired) electrons. The third-order valence-corrected chi connectivity index (χ3v) is 7.73. The predicted molar refractivity (Wildman–Crippen MR) is 92.8 cm³/mol. The lowest BCUT2D eigenvalue weighted by molar-refractivity contribution is -0.136. The molecule has 0 atom stereocenters. The van der Waals surface area contributed by atoms with Gasteiger partial charge in [0.1, 0.15) is 4.21 Å². The fourth-order valence-corrected chi connectivity index (χ4v) is 5.99. The van der Waals surface area contributed by atoms with Crippen molar-refractivity contribution < 1.29 is 18.3 Å². The summed E-state index contributed by atoms with van der Waals surface area (Å²) in [5.74, 6) is -0.562. The minimum Gasteiger partial charge on any atom is -0.481 e. The minimum atomic E-state index is -3.52. The Balaban J connectivity index is 1.68. The van der Waals surface area contributed by atoms with E-state index >= 15 is 0 Å². The average Bonchev–Trinajstić information content (AvgIpc) is 3.04. The molecule has 0 unspecified atom stereocenters. The molecule has 24 heavy (non-hydrogen) atoms. The Kier molecular flexibility index (Phi) is 5.03. The van der Waals surface area contributed by atoms with Crippen molar-refractivity contribution in [1.29, 1.82) is 0 Å². The minimum absolute atomic E-state index is 0.143. The van der Waals surface area contributed by atoms with Gasteiger partial charge in [-0.25, -0.2) is 8.42 Å². The quantitative estimate of drug-likeness (QED) is 0.884. The highest BCUT2D eigenvalue weighted by Gasteiger charge is 2.31. The molecular formula is C17H19NO4S2. The molecule has 0 bridgehead atoms. The fourth-order valence-electron chi connectivity index (χ4n) is 3.02. The number of carboxylic acid groups (broad SMARTS) is 1. The second-order valence-electron chi connectivity index (χ2n) is 5.88. The average molecular weight is 365 g/mol. The lowest BCUT2D eigenvalue weighted by Crippen LogP contribution is -2.37. The van der Waals surface area contributed by atoms with E-state index in [1.807, 2.05) is 18.2 Å². The summed E-state index contributed by atoms with van der Waals surface area (Å²) < 4.78 is 27.2. The van der Waals surface area contributed by atoms with Crippen molar-refractivity contribution in [3.8, 4) is 0 Å².